The van der Waals surface area contributed by atoms with E-state index >= 15 is 0 Å². The number of para-hydroxylation sites is 1. The fraction of sp³-hybridized carbons (Fsp3) is 0.424. The Morgan fingerprint density at radius 1 is 1.02 bits per heavy atom. The van der Waals surface area contributed by atoms with Crippen LogP contribution in [0.2, 0.25) is 0 Å². The molecule has 8 heteroatoms. The molecule has 214 valence electrons. The summed E-state index contributed by atoms with van der Waals surface area (Å²) < 4.78 is 8.44. The van der Waals surface area contributed by atoms with Crippen molar-refractivity contribution >= 4 is 23.3 Å². The smallest absolute Gasteiger partial charge is 0.407 e. The molecule has 1 aromatic heterocycles. The molecule has 2 aromatic carbocycles. The first-order valence-corrected chi connectivity index (χ1v) is 14.6. The number of ether oxygens (including phenoxy) is 1. The van der Waals surface area contributed by atoms with Gasteiger partial charge in [0.15, 0.2) is 5.75 Å². The van der Waals surface area contributed by atoms with Gasteiger partial charge in [0, 0.05) is 48.3 Å². The van der Waals surface area contributed by atoms with Crippen LogP contribution >= 0.6 is 0 Å². The summed E-state index contributed by atoms with van der Waals surface area (Å²) in [4.78, 5) is 28.5. The first kappa shape index (κ1) is 27.1. The summed E-state index contributed by atoms with van der Waals surface area (Å²) in [6, 6.07) is 13.9. The highest BCUT2D eigenvalue weighted by Crippen LogP contribution is 2.45. The van der Waals surface area contributed by atoms with E-state index in [2.05, 4.69) is 27.7 Å². The zero-order chi connectivity index (χ0) is 28.9. The number of carbonyl (C=O) groups excluding carboxylic acids is 1. The molecule has 1 N–H and O–H groups in total. The lowest BCUT2D eigenvalue weighted by molar-refractivity contribution is -0.120. The summed E-state index contributed by atoms with van der Waals surface area (Å²) in [5, 5.41) is 14.4. The van der Waals surface area contributed by atoms with Crippen LogP contribution < -0.4 is 9.64 Å². The molecule has 8 nitrogen and oxygen atoms in total. The van der Waals surface area contributed by atoms with Gasteiger partial charge in [-0.05, 0) is 67.9 Å². The highest BCUT2D eigenvalue weighted by Gasteiger charge is 2.40. The molecule has 1 saturated carbocycles. The van der Waals surface area contributed by atoms with E-state index in [9.17, 15) is 14.7 Å². The molecule has 0 saturated heterocycles. The maximum atomic E-state index is 13.3. The molecule has 6 rings (SSSR count). The number of carboxylic acid groups (broad SMARTS) is 1. The summed E-state index contributed by atoms with van der Waals surface area (Å²) in [6.07, 6.45) is 8.60. The fourth-order valence-electron chi connectivity index (χ4n) is 6.12. The quantitative estimate of drug-likeness (QED) is 0.376. The molecule has 3 aliphatic rings. The Hall–Kier alpha value is -4.07. The van der Waals surface area contributed by atoms with E-state index < -0.39 is 6.09 Å². The van der Waals surface area contributed by atoms with Crippen LogP contribution in [-0.4, -0.2) is 50.9 Å². The molecular weight excluding hydrogens is 516 g/mol. The second-order valence-electron chi connectivity index (χ2n) is 12.6. The molecule has 0 spiro atoms. The van der Waals surface area contributed by atoms with Crippen molar-refractivity contribution in [1.29, 1.82) is 0 Å². The van der Waals surface area contributed by atoms with Crippen LogP contribution in [0.5, 0.6) is 11.5 Å². The molecule has 2 aliphatic heterocycles. The zero-order valence-electron chi connectivity index (χ0n) is 24.2. The molecule has 2 atom stereocenters. The van der Waals surface area contributed by atoms with Crippen molar-refractivity contribution in [2.24, 2.45) is 17.3 Å². The Labute approximate surface area is 241 Å². The molecular formula is C33H38N4O4. The van der Waals surface area contributed by atoms with E-state index in [1.807, 2.05) is 70.5 Å². The Morgan fingerprint density at radius 2 is 1.76 bits per heavy atom. The molecule has 3 heterocycles. The van der Waals surface area contributed by atoms with Crippen LogP contribution in [0.3, 0.4) is 0 Å². The maximum absolute atomic E-state index is 13.3. The summed E-state index contributed by atoms with van der Waals surface area (Å²) in [7, 11) is 0. The lowest BCUT2D eigenvalue weighted by atomic mass is 9.73. The number of amides is 2. The molecule has 41 heavy (non-hydrogen) atoms. The number of hydrogen-bond acceptors (Lipinski definition) is 4. The van der Waals surface area contributed by atoms with E-state index in [1.165, 1.54) is 4.90 Å². The minimum atomic E-state index is -0.898. The van der Waals surface area contributed by atoms with Crippen molar-refractivity contribution in [2.45, 2.75) is 59.4 Å². The van der Waals surface area contributed by atoms with Gasteiger partial charge >= 0.3 is 6.09 Å². The zero-order valence-corrected chi connectivity index (χ0v) is 24.2. The Kier molecular flexibility index (Phi) is 6.88. The lowest BCUT2D eigenvalue weighted by Crippen LogP contribution is -2.43. The van der Waals surface area contributed by atoms with Crippen LogP contribution in [0.1, 0.15) is 58.1 Å². The van der Waals surface area contributed by atoms with Gasteiger partial charge in [-0.15, -0.1) is 0 Å². The van der Waals surface area contributed by atoms with E-state index in [1.54, 1.807) is 0 Å². The third kappa shape index (κ3) is 5.23. The fourth-order valence-corrected chi connectivity index (χ4v) is 6.12. The first-order chi connectivity index (χ1) is 19.6. The van der Waals surface area contributed by atoms with Gasteiger partial charge in [0.25, 0.3) is 0 Å². The summed E-state index contributed by atoms with van der Waals surface area (Å²) >= 11 is 0. The van der Waals surface area contributed by atoms with Gasteiger partial charge in [-0.3, -0.25) is 4.79 Å². The number of hydrogen-bond donors (Lipinski definition) is 1. The SMILES string of the molecule is CC1CCc2c(ccc(-n3cc(C4=CCN(C(=O)O)CC4C(C)(C)C)cn3)c2Oc2ccccc2)N1C(=O)C1CC1. The van der Waals surface area contributed by atoms with Crippen molar-refractivity contribution in [3.8, 4) is 17.2 Å². The van der Waals surface area contributed by atoms with Crippen molar-refractivity contribution in [3.05, 3.63) is 72.1 Å². The second-order valence-corrected chi connectivity index (χ2v) is 12.6. The average Bonchev–Trinajstić information content (AvgIpc) is 3.69. The third-order valence-electron chi connectivity index (χ3n) is 8.64. The van der Waals surface area contributed by atoms with Crippen molar-refractivity contribution in [1.82, 2.24) is 14.7 Å². The normalized spacial score (nSPS) is 20.8. The average molecular weight is 555 g/mol. The number of aromatic nitrogens is 2. The van der Waals surface area contributed by atoms with E-state index in [-0.39, 0.29) is 29.2 Å². The summed E-state index contributed by atoms with van der Waals surface area (Å²) in [5.74, 6) is 1.81. The van der Waals surface area contributed by atoms with Crippen LogP contribution in [0.4, 0.5) is 10.5 Å². The second kappa shape index (κ2) is 10.4. The van der Waals surface area contributed by atoms with Gasteiger partial charge in [0.2, 0.25) is 5.91 Å². The maximum Gasteiger partial charge on any atom is 0.407 e. The molecule has 2 amide bonds. The minimum Gasteiger partial charge on any atom is -0.465 e. The highest BCUT2D eigenvalue weighted by molar-refractivity contribution is 5.98. The number of anilines is 1. The van der Waals surface area contributed by atoms with Crippen molar-refractivity contribution in [3.63, 3.8) is 0 Å². The topological polar surface area (TPSA) is 87.9 Å². The lowest BCUT2D eigenvalue weighted by Gasteiger charge is -2.39. The van der Waals surface area contributed by atoms with Gasteiger partial charge in [-0.1, -0.05) is 45.0 Å². The third-order valence-corrected chi connectivity index (χ3v) is 8.64. The van der Waals surface area contributed by atoms with E-state index in [4.69, 9.17) is 9.84 Å². The molecule has 2 unspecified atom stereocenters. The van der Waals surface area contributed by atoms with E-state index in [0.29, 0.717) is 18.8 Å². The Balaban J connectivity index is 1.42. The summed E-state index contributed by atoms with van der Waals surface area (Å²) in [6.45, 7) is 9.36. The molecule has 0 bridgehead atoms. The van der Waals surface area contributed by atoms with Crippen molar-refractivity contribution < 1.29 is 19.4 Å². The predicted molar refractivity (Wildman–Crippen MR) is 159 cm³/mol. The predicted octanol–water partition coefficient (Wildman–Crippen LogP) is 6.78. The molecule has 0 radical (unpaired) electrons. The highest BCUT2D eigenvalue weighted by atomic mass is 16.5. The summed E-state index contributed by atoms with van der Waals surface area (Å²) in [5.41, 5.74) is 4.71. The number of rotatable bonds is 5. The largest absolute Gasteiger partial charge is 0.465 e. The van der Waals surface area contributed by atoms with Crippen LogP contribution in [0, 0.1) is 17.3 Å². The van der Waals surface area contributed by atoms with Gasteiger partial charge in [0.1, 0.15) is 11.4 Å². The Morgan fingerprint density at radius 3 is 2.44 bits per heavy atom. The van der Waals surface area contributed by atoms with E-state index in [0.717, 1.165) is 59.5 Å². The minimum absolute atomic E-state index is 0.0251. The van der Waals surface area contributed by atoms with Crippen LogP contribution in [0.25, 0.3) is 11.3 Å². The number of benzene rings is 2. The monoisotopic (exact) mass is 554 g/mol. The standard InChI is InChI=1S/C33H38N4O4/c1-21-10-13-26-28(37(21)31(38)22-11-12-22)14-15-29(30(26)41-24-8-6-5-7-9-24)36-19-23(18-34-36)25-16-17-35(32(39)40)20-27(25)33(2,3)4/h5-9,14-16,18-19,21-22,27H,10-13,17,20H2,1-4H3,(H,39,40). The Bertz CT molecular complexity index is 1500. The van der Waals surface area contributed by atoms with Crippen LogP contribution in [0.15, 0.2) is 60.9 Å². The van der Waals surface area contributed by atoms with Crippen LogP contribution in [-0.2, 0) is 11.2 Å². The number of carbonyl (C=O) groups is 2. The van der Waals surface area contributed by atoms with Gasteiger partial charge in [0.05, 0.1) is 11.9 Å². The number of fused-ring (bicyclic) bond motifs is 1. The van der Waals surface area contributed by atoms with Gasteiger partial charge in [-0.2, -0.15) is 5.10 Å². The molecule has 1 fully saturated rings. The van der Waals surface area contributed by atoms with Gasteiger partial charge in [-0.25, -0.2) is 9.48 Å². The first-order valence-electron chi connectivity index (χ1n) is 14.6. The van der Waals surface area contributed by atoms with Gasteiger partial charge < -0.3 is 19.6 Å². The molecule has 1 aliphatic carbocycles. The number of nitrogens with zero attached hydrogens (tertiary/aromatic N) is 4. The molecule has 3 aromatic rings. The van der Waals surface area contributed by atoms with Crippen molar-refractivity contribution in [2.75, 3.05) is 18.0 Å².